The SMILES string of the molecule is CCOCCC(=O)Nc1ccc(-c2n[nH]c(=O)cc2C)cc1. The van der Waals surface area contributed by atoms with Gasteiger partial charge in [0, 0.05) is 23.9 Å². The van der Waals surface area contributed by atoms with E-state index in [1.54, 1.807) is 12.1 Å². The van der Waals surface area contributed by atoms with Gasteiger partial charge in [-0.2, -0.15) is 5.10 Å². The molecule has 6 nitrogen and oxygen atoms in total. The highest BCUT2D eigenvalue weighted by Gasteiger charge is 2.06. The van der Waals surface area contributed by atoms with E-state index in [4.69, 9.17) is 4.74 Å². The van der Waals surface area contributed by atoms with E-state index in [0.29, 0.717) is 31.0 Å². The minimum Gasteiger partial charge on any atom is -0.381 e. The summed E-state index contributed by atoms with van der Waals surface area (Å²) >= 11 is 0. The molecular weight excluding hydrogens is 282 g/mol. The second kappa shape index (κ2) is 7.51. The molecule has 0 bridgehead atoms. The smallest absolute Gasteiger partial charge is 0.264 e. The van der Waals surface area contributed by atoms with Crippen LogP contribution < -0.4 is 10.9 Å². The van der Waals surface area contributed by atoms with Crippen LogP contribution in [-0.4, -0.2) is 29.3 Å². The van der Waals surface area contributed by atoms with Crippen LogP contribution in [-0.2, 0) is 9.53 Å². The van der Waals surface area contributed by atoms with Crippen molar-refractivity contribution >= 4 is 11.6 Å². The van der Waals surface area contributed by atoms with Crippen LogP contribution >= 0.6 is 0 Å². The Kier molecular flexibility index (Phi) is 5.43. The van der Waals surface area contributed by atoms with Crippen molar-refractivity contribution in [1.82, 2.24) is 10.2 Å². The second-order valence-electron chi connectivity index (χ2n) is 4.84. The van der Waals surface area contributed by atoms with Crippen molar-refractivity contribution in [1.29, 1.82) is 0 Å². The molecule has 22 heavy (non-hydrogen) atoms. The maximum absolute atomic E-state index is 11.7. The summed E-state index contributed by atoms with van der Waals surface area (Å²) in [6.07, 6.45) is 0.330. The van der Waals surface area contributed by atoms with Gasteiger partial charge < -0.3 is 10.1 Å². The topological polar surface area (TPSA) is 84.1 Å². The number of aromatic nitrogens is 2. The number of carbonyl (C=O) groups excluding carboxylic acids is 1. The molecule has 0 aliphatic rings. The Morgan fingerprint density at radius 1 is 1.32 bits per heavy atom. The van der Waals surface area contributed by atoms with Crippen molar-refractivity contribution in [2.75, 3.05) is 18.5 Å². The second-order valence-corrected chi connectivity index (χ2v) is 4.84. The first kappa shape index (κ1) is 15.9. The number of ether oxygens (including phenoxy) is 1. The first-order chi connectivity index (χ1) is 10.6. The molecule has 0 saturated heterocycles. The Morgan fingerprint density at radius 3 is 2.68 bits per heavy atom. The van der Waals surface area contributed by atoms with Crippen molar-refractivity contribution in [3.8, 4) is 11.3 Å². The number of hydrogen-bond acceptors (Lipinski definition) is 4. The molecule has 0 unspecified atom stereocenters. The molecule has 0 aliphatic carbocycles. The average molecular weight is 301 g/mol. The number of nitrogens with zero attached hydrogens (tertiary/aromatic N) is 1. The van der Waals surface area contributed by atoms with Crippen LogP contribution in [0.15, 0.2) is 35.1 Å². The van der Waals surface area contributed by atoms with Gasteiger partial charge in [-0.3, -0.25) is 9.59 Å². The van der Waals surface area contributed by atoms with Crippen LogP contribution in [0.25, 0.3) is 11.3 Å². The Bertz CT molecular complexity index is 693. The molecule has 0 atom stereocenters. The van der Waals surface area contributed by atoms with Gasteiger partial charge in [0.2, 0.25) is 5.91 Å². The summed E-state index contributed by atoms with van der Waals surface area (Å²) in [7, 11) is 0. The first-order valence-electron chi connectivity index (χ1n) is 7.14. The maximum atomic E-state index is 11.7. The zero-order chi connectivity index (χ0) is 15.9. The summed E-state index contributed by atoms with van der Waals surface area (Å²) in [6, 6.07) is 8.82. The van der Waals surface area contributed by atoms with E-state index in [1.165, 1.54) is 6.07 Å². The number of benzene rings is 1. The van der Waals surface area contributed by atoms with E-state index in [0.717, 1.165) is 11.1 Å². The normalized spacial score (nSPS) is 10.5. The number of aryl methyl sites for hydroxylation is 1. The molecule has 0 radical (unpaired) electrons. The summed E-state index contributed by atoms with van der Waals surface area (Å²) in [4.78, 5) is 22.9. The minimum atomic E-state index is -0.223. The van der Waals surface area contributed by atoms with Crippen molar-refractivity contribution < 1.29 is 9.53 Å². The highest BCUT2D eigenvalue weighted by molar-refractivity contribution is 5.91. The summed E-state index contributed by atoms with van der Waals surface area (Å²) in [5, 5.41) is 9.28. The molecule has 0 aliphatic heterocycles. The number of amides is 1. The third-order valence-corrected chi connectivity index (χ3v) is 3.12. The highest BCUT2D eigenvalue weighted by atomic mass is 16.5. The quantitative estimate of drug-likeness (QED) is 0.800. The molecule has 0 spiro atoms. The van der Waals surface area contributed by atoms with E-state index < -0.39 is 0 Å². The van der Waals surface area contributed by atoms with Crippen molar-refractivity contribution in [2.45, 2.75) is 20.3 Å². The highest BCUT2D eigenvalue weighted by Crippen LogP contribution is 2.21. The molecule has 2 N–H and O–H groups in total. The Balaban J connectivity index is 2.04. The van der Waals surface area contributed by atoms with Gasteiger partial charge >= 0.3 is 0 Å². The summed E-state index contributed by atoms with van der Waals surface area (Å²) in [5.41, 5.74) is 2.89. The zero-order valence-corrected chi connectivity index (χ0v) is 12.7. The molecule has 0 fully saturated rings. The predicted octanol–water partition coefficient (Wildman–Crippen LogP) is 2.11. The van der Waals surface area contributed by atoms with Gasteiger partial charge in [0.15, 0.2) is 0 Å². The lowest BCUT2D eigenvalue weighted by molar-refractivity contribution is -0.117. The van der Waals surface area contributed by atoms with Gasteiger partial charge in [-0.25, -0.2) is 5.10 Å². The predicted molar refractivity (Wildman–Crippen MR) is 84.8 cm³/mol. The van der Waals surface area contributed by atoms with E-state index in [2.05, 4.69) is 15.5 Å². The lowest BCUT2D eigenvalue weighted by atomic mass is 10.1. The summed E-state index contributed by atoms with van der Waals surface area (Å²) in [5.74, 6) is -0.0838. The van der Waals surface area contributed by atoms with Gasteiger partial charge in [0.05, 0.1) is 18.7 Å². The van der Waals surface area contributed by atoms with Crippen LogP contribution in [0.3, 0.4) is 0 Å². The van der Waals surface area contributed by atoms with E-state index in [-0.39, 0.29) is 11.5 Å². The number of hydrogen-bond donors (Lipinski definition) is 2. The molecule has 2 aromatic rings. The zero-order valence-electron chi connectivity index (χ0n) is 12.7. The van der Waals surface area contributed by atoms with Gasteiger partial charge in [-0.1, -0.05) is 12.1 Å². The number of H-pyrrole nitrogens is 1. The van der Waals surface area contributed by atoms with Crippen molar-refractivity contribution in [3.05, 3.63) is 46.2 Å². The molecule has 1 aromatic carbocycles. The minimum absolute atomic E-state index is 0.0838. The number of carbonyl (C=O) groups is 1. The fourth-order valence-corrected chi connectivity index (χ4v) is 2.03. The monoisotopic (exact) mass is 301 g/mol. The largest absolute Gasteiger partial charge is 0.381 e. The molecular formula is C16H19N3O3. The van der Waals surface area contributed by atoms with Crippen molar-refractivity contribution in [2.24, 2.45) is 0 Å². The van der Waals surface area contributed by atoms with Crippen LogP contribution in [0.5, 0.6) is 0 Å². The molecule has 2 rings (SSSR count). The average Bonchev–Trinajstić information content (AvgIpc) is 2.49. The van der Waals surface area contributed by atoms with Crippen molar-refractivity contribution in [3.63, 3.8) is 0 Å². The van der Waals surface area contributed by atoms with Crippen LogP contribution in [0.2, 0.25) is 0 Å². The maximum Gasteiger partial charge on any atom is 0.264 e. The van der Waals surface area contributed by atoms with Crippen LogP contribution in [0.1, 0.15) is 18.9 Å². The summed E-state index contributed by atoms with van der Waals surface area (Å²) < 4.78 is 5.14. The van der Waals surface area contributed by atoms with Crippen LogP contribution in [0, 0.1) is 6.92 Å². The fraction of sp³-hybridized carbons (Fsp3) is 0.312. The van der Waals surface area contributed by atoms with E-state index >= 15 is 0 Å². The molecule has 0 saturated carbocycles. The third kappa shape index (κ3) is 4.26. The number of nitrogens with one attached hydrogen (secondary N) is 2. The van der Waals surface area contributed by atoms with E-state index in [1.807, 2.05) is 26.0 Å². The molecule has 6 heteroatoms. The number of anilines is 1. The van der Waals surface area contributed by atoms with Crippen LogP contribution in [0.4, 0.5) is 5.69 Å². The van der Waals surface area contributed by atoms with Gasteiger partial charge in [0.1, 0.15) is 0 Å². The van der Waals surface area contributed by atoms with Gasteiger partial charge in [0.25, 0.3) is 5.56 Å². The van der Waals surface area contributed by atoms with Gasteiger partial charge in [-0.05, 0) is 31.5 Å². The van der Waals surface area contributed by atoms with Gasteiger partial charge in [-0.15, -0.1) is 0 Å². The molecule has 1 aromatic heterocycles. The fourth-order valence-electron chi connectivity index (χ4n) is 2.03. The summed E-state index contributed by atoms with van der Waals surface area (Å²) in [6.45, 7) is 4.75. The number of rotatable bonds is 6. The Hall–Kier alpha value is -2.47. The Labute approximate surface area is 128 Å². The lowest BCUT2D eigenvalue weighted by Gasteiger charge is -2.07. The third-order valence-electron chi connectivity index (χ3n) is 3.12. The molecule has 1 heterocycles. The standard InChI is InChI=1S/C16H19N3O3/c1-3-22-9-8-14(20)17-13-6-4-12(5-7-13)16-11(2)10-15(21)18-19-16/h4-7,10H,3,8-9H2,1-2H3,(H,17,20)(H,18,21). The molecule has 1 amide bonds. The lowest BCUT2D eigenvalue weighted by Crippen LogP contribution is -2.14. The Morgan fingerprint density at radius 2 is 2.05 bits per heavy atom. The molecule has 116 valence electrons. The first-order valence-corrected chi connectivity index (χ1v) is 7.14. The van der Waals surface area contributed by atoms with E-state index in [9.17, 15) is 9.59 Å². The number of aromatic amines is 1.